The summed E-state index contributed by atoms with van der Waals surface area (Å²) in [7, 11) is 4.47. The molecule has 1 heterocycles. The zero-order chi connectivity index (χ0) is 24.0. The summed E-state index contributed by atoms with van der Waals surface area (Å²) < 4.78 is 21.2. The van der Waals surface area contributed by atoms with Gasteiger partial charge in [-0.1, -0.05) is 0 Å². The second-order valence-corrected chi connectivity index (χ2v) is 8.31. The third-order valence-corrected chi connectivity index (χ3v) is 6.49. The van der Waals surface area contributed by atoms with Crippen LogP contribution in [0, 0.1) is 11.3 Å². The molecular weight excluding hydrogens is 444 g/mol. The summed E-state index contributed by atoms with van der Waals surface area (Å²) in [6.07, 6.45) is 5.04. The number of ether oxygens (including phenoxy) is 4. The van der Waals surface area contributed by atoms with Gasteiger partial charge in [0, 0.05) is 16.5 Å². The van der Waals surface area contributed by atoms with Crippen molar-refractivity contribution in [3.8, 4) is 23.3 Å². The van der Waals surface area contributed by atoms with Crippen molar-refractivity contribution in [1.82, 2.24) is 0 Å². The fraction of sp³-hybridized carbons (Fsp3) is 0.375. The summed E-state index contributed by atoms with van der Waals surface area (Å²) in [5.74, 6) is 0.206. The molecule has 0 fully saturated rings. The predicted octanol–water partition coefficient (Wildman–Crippen LogP) is 4.38. The van der Waals surface area contributed by atoms with Gasteiger partial charge in [-0.25, -0.2) is 4.79 Å². The van der Waals surface area contributed by atoms with E-state index in [1.165, 1.54) is 38.7 Å². The van der Waals surface area contributed by atoms with Gasteiger partial charge in [-0.05, 0) is 50.3 Å². The number of nitrogens with one attached hydrogen (secondary N) is 1. The summed E-state index contributed by atoms with van der Waals surface area (Å²) in [6, 6.07) is 5.17. The zero-order valence-corrected chi connectivity index (χ0v) is 19.9. The van der Waals surface area contributed by atoms with Gasteiger partial charge in [0.05, 0.1) is 33.5 Å². The van der Waals surface area contributed by atoms with Gasteiger partial charge in [-0.2, -0.15) is 5.26 Å². The van der Waals surface area contributed by atoms with E-state index >= 15 is 0 Å². The minimum Gasteiger partial charge on any atom is -0.496 e. The van der Waals surface area contributed by atoms with Gasteiger partial charge >= 0.3 is 5.97 Å². The molecule has 1 aliphatic rings. The van der Waals surface area contributed by atoms with E-state index in [9.17, 15) is 14.9 Å². The summed E-state index contributed by atoms with van der Waals surface area (Å²) in [4.78, 5) is 26.7. The van der Waals surface area contributed by atoms with Crippen LogP contribution in [0.5, 0.6) is 17.2 Å². The smallest absolute Gasteiger partial charge is 0.341 e. The van der Waals surface area contributed by atoms with Crippen LogP contribution in [0.25, 0.3) is 6.08 Å². The molecule has 0 radical (unpaired) electrons. The lowest BCUT2D eigenvalue weighted by molar-refractivity contribution is -0.112. The number of aryl methyl sites for hydroxylation is 1. The second kappa shape index (κ2) is 10.9. The molecule has 0 saturated carbocycles. The summed E-state index contributed by atoms with van der Waals surface area (Å²) in [5, 5.41) is 12.9. The molecule has 1 aromatic heterocycles. The maximum absolute atomic E-state index is 13.0. The highest BCUT2D eigenvalue weighted by atomic mass is 32.1. The van der Waals surface area contributed by atoms with Crippen molar-refractivity contribution in [3.05, 3.63) is 39.3 Å². The fourth-order valence-electron chi connectivity index (χ4n) is 3.71. The molecule has 0 spiro atoms. The van der Waals surface area contributed by atoms with Crippen molar-refractivity contribution in [1.29, 1.82) is 5.26 Å². The predicted molar refractivity (Wildman–Crippen MR) is 125 cm³/mol. The Kier molecular flexibility index (Phi) is 7.96. The van der Waals surface area contributed by atoms with Crippen molar-refractivity contribution in [2.45, 2.75) is 32.6 Å². The largest absolute Gasteiger partial charge is 0.496 e. The maximum atomic E-state index is 13.0. The summed E-state index contributed by atoms with van der Waals surface area (Å²) >= 11 is 1.37. The first-order valence-electron chi connectivity index (χ1n) is 10.5. The standard InChI is InChI=1S/C24H26N2O6S/c1-5-32-24(28)21-16-8-6-7-9-20(16)33-23(21)26-22(27)15(13-25)10-14-11-18(30-3)19(31-4)12-17(14)29-2/h10-12H,5-9H2,1-4H3,(H,26,27)/b15-10+. The van der Waals surface area contributed by atoms with Crippen LogP contribution in [0.4, 0.5) is 5.00 Å². The molecule has 9 heteroatoms. The van der Waals surface area contributed by atoms with Crippen LogP contribution in [-0.4, -0.2) is 39.8 Å². The average Bonchev–Trinajstić information content (AvgIpc) is 3.19. The number of esters is 1. The van der Waals surface area contributed by atoms with Crippen molar-refractivity contribution in [2.75, 3.05) is 33.3 Å². The molecule has 0 aliphatic heterocycles. The zero-order valence-electron chi connectivity index (χ0n) is 19.1. The number of fused-ring (bicyclic) bond motifs is 1. The van der Waals surface area contributed by atoms with Gasteiger partial charge < -0.3 is 24.3 Å². The Balaban J connectivity index is 1.97. The van der Waals surface area contributed by atoms with E-state index in [0.29, 0.717) is 33.4 Å². The van der Waals surface area contributed by atoms with Crippen LogP contribution in [0.15, 0.2) is 17.7 Å². The van der Waals surface area contributed by atoms with Crippen molar-refractivity contribution in [2.24, 2.45) is 0 Å². The van der Waals surface area contributed by atoms with E-state index in [0.717, 1.165) is 36.1 Å². The maximum Gasteiger partial charge on any atom is 0.341 e. The fourth-order valence-corrected chi connectivity index (χ4v) is 4.99. The first kappa shape index (κ1) is 24.1. The van der Waals surface area contributed by atoms with Gasteiger partial charge in [0.25, 0.3) is 5.91 Å². The SMILES string of the molecule is CCOC(=O)c1c(NC(=O)/C(C#N)=C/c2cc(OC)c(OC)cc2OC)sc2c1CCCC2. The third-order valence-electron chi connectivity index (χ3n) is 5.28. The number of anilines is 1. The van der Waals surface area contributed by atoms with E-state index in [2.05, 4.69) is 5.32 Å². The number of benzene rings is 1. The molecule has 33 heavy (non-hydrogen) atoms. The first-order chi connectivity index (χ1) is 16.0. The number of hydrogen-bond donors (Lipinski definition) is 1. The van der Waals surface area contributed by atoms with Gasteiger partial charge in [-0.15, -0.1) is 11.3 Å². The number of nitrogens with zero attached hydrogens (tertiary/aromatic N) is 1. The Morgan fingerprint density at radius 2 is 1.76 bits per heavy atom. The van der Waals surface area contributed by atoms with E-state index in [1.54, 1.807) is 19.1 Å². The van der Waals surface area contributed by atoms with E-state index in [1.807, 2.05) is 6.07 Å². The molecular formula is C24H26N2O6S. The second-order valence-electron chi connectivity index (χ2n) is 7.21. The van der Waals surface area contributed by atoms with Crippen molar-refractivity contribution in [3.63, 3.8) is 0 Å². The first-order valence-corrected chi connectivity index (χ1v) is 11.3. The molecule has 0 atom stereocenters. The van der Waals surface area contributed by atoms with Crippen molar-refractivity contribution >= 4 is 34.3 Å². The van der Waals surface area contributed by atoms with Crippen LogP contribution >= 0.6 is 11.3 Å². The highest BCUT2D eigenvalue weighted by Crippen LogP contribution is 2.39. The van der Waals surface area contributed by atoms with E-state index in [4.69, 9.17) is 18.9 Å². The van der Waals surface area contributed by atoms with Gasteiger partial charge in [0.2, 0.25) is 0 Å². The molecule has 0 unspecified atom stereocenters. The van der Waals surface area contributed by atoms with Crippen LogP contribution in [0.2, 0.25) is 0 Å². The lowest BCUT2D eigenvalue weighted by Crippen LogP contribution is -2.16. The van der Waals surface area contributed by atoms with Gasteiger partial charge in [0.15, 0.2) is 11.5 Å². The number of amides is 1. The van der Waals surface area contributed by atoms with E-state index < -0.39 is 11.9 Å². The molecule has 0 saturated heterocycles. The number of carbonyl (C=O) groups is 2. The number of methoxy groups -OCH3 is 3. The molecule has 3 rings (SSSR count). The van der Waals surface area contributed by atoms with Gasteiger partial charge in [0.1, 0.15) is 22.4 Å². The third kappa shape index (κ3) is 5.12. The quantitative estimate of drug-likeness (QED) is 0.347. The topological polar surface area (TPSA) is 107 Å². The molecule has 1 N–H and O–H groups in total. The summed E-state index contributed by atoms with van der Waals surface area (Å²) in [5.41, 5.74) is 1.65. The number of nitriles is 1. The molecule has 1 aromatic carbocycles. The average molecular weight is 471 g/mol. The number of hydrogen-bond acceptors (Lipinski definition) is 8. The molecule has 174 valence electrons. The van der Waals surface area contributed by atoms with Crippen LogP contribution in [-0.2, 0) is 22.4 Å². The normalized spacial score (nSPS) is 12.9. The monoisotopic (exact) mass is 470 g/mol. The molecule has 8 nitrogen and oxygen atoms in total. The number of thiophene rings is 1. The molecule has 0 bridgehead atoms. The van der Waals surface area contributed by atoms with E-state index in [-0.39, 0.29) is 12.2 Å². The number of carbonyl (C=O) groups excluding carboxylic acids is 2. The highest BCUT2D eigenvalue weighted by molar-refractivity contribution is 7.17. The molecule has 1 amide bonds. The minimum absolute atomic E-state index is 0.151. The van der Waals surface area contributed by atoms with Crippen LogP contribution in [0.1, 0.15) is 46.1 Å². The van der Waals surface area contributed by atoms with Crippen LogP contribution < -0.4 is 19.5 Å². The molecule has 2 aromatic rings. The van der Waals surface area contributed by atoms with Gasteiger partial charge in [-0.3, -0.25) is 4.79 Å². The highest BCUT2D eigenvalue weighted by Gasteiger charge is 2.28. The molecule has 1 aliphatic carbocycles. The Morgan fingerprint density at radius 1 is 1.09 bits per heavy atom. The summed E-state index contributed by atoms with van der Waals surface area (Å²) in [6.45, 7) is 1.97. The Morgan fingerprint density at radius 3 is 2.39 bits per heavy atom. The lowest BCUT2D eigenvalue weighted by Gasteiger charge is -2.13. The Hall–Kier alpha value is -3.51. The number of rotatable bonds is 8. The van der Waals surface area contributed by atoms with Crippen LogP contribution in [0.3, 0.4) is 0 Å². The van der Waals surface area contributed by atoms with Crippen molar-refractivity contribution < 1.29 is 28.5 Å². The Bertz CT molecular complexity index is 1130. The Labute approximate surface area is 196 Å². The minimum atomic E-state index is -0.626. The lowest BCUT2D eigenvalue weighted by atomic mass is 9.95.